The Morgan fingerprint density at radius 1 is 1.10 bits per heavy atom. The maximum Gasteiger partial charge on any atom is 0.173 e. The van der Waals surface area contributed by atoms with E-state index in [1.54, 1.807) is 18.5 Å². The molecular formula is C15H12N4O2. The molecule has 6 nitrogen and oxygen atoms in total. The van der Waals surface area contributed by atoms with E-state index in [2.05, 4.69) is 15.1 Å². The Labute approximate surface area is 120 Å². The number of aromatic nitrogens is 2. The predicted octanol–water partition coefficient (Wildman–Crippen LogP) is 2.52. The second kappa shape index (κ2) is 5.46. The average Bonchev–Trinajstić information content (AvgIpc) is 2.55. The summed E-state index contributed by atoms with van der Waals surface area (Å²) in [7, 11) is 0. The number of amidine groups is 1. The molecule has 0 saturated carbocycles. The number of benzene rings is 1. The highest BCUT2D eigenvalue weighted by atomic mass is 16.5. The van der Waals surface area contributed by atoms with Crippen molar-refractivity contribution in [3.63, 3.8) is 0 Å². The molecule has 2 aromatic heterocycles. The first kappa shape index (κ1) is 12.9. The normalized spacial score (nSPS) is 11.5. The first-order valence-electron chi connectivity index (χ1n) is 6.23. The first-order chi connectivity index (χ1) is 10.3. The summed E-state index contributed by atoms with van der Waals surface area (Å²) in [6.45, 7) is 0. The first-order valence-corrected chi connectivity index (χ1v) is 6.23. The Bertz CT molecular complexity index is 812. The zero-order valence-electron chi connectivity index (χ0n) is 11.0. The van der Waals surface area contributed by atoms with Crippen LogP contribution < -0.4 is 10.5 Å². The van der Waals surface area contributed by atoms with E-state index in [1.165, 1.54) is 6.20 Å². The lowest BCUT2D eigenvalue weighted by Gasteiger charge is -2.11. The van der Waals surface area contributed by atoms with E-state index in [0.717, 1.165) is 10.9 Å². The third-order valence-corrected chi connectivity index (χ3v) is 2.99. The predicted molar refractivity (Wildman–Crippen MR) is 78.6 cm³/mol. The van der Waals surface area contributed by atoms with Gasteiger partial charge in [-0.1, -0.05) is 11.2 Å². The van der Waals surface area contributed by atoms with Crippen LogP contribution >= 0.6 is 0 Å². The standard InChI is InChI=1S/C15H12N4O2/c16-15(19-20)11-6-8-17-9-14(11)21-13-5-1-4-12-10(13)3-2-7-18-12/h1-9,20H,(H2,16,19). The van der Waals surface area contributed by atoms with Crippen LogP contribution in [0.2, 0.25) is 0 Å². The van der Waals surface area contributed by atoms with Crippen LogP contribution in [0.5, 0.6) is 11.5 Å². The van der Waals surface area contributed by atoms with Crippen molar-refractivity contribution < 1.29 is 9.94 Å². The summed E-state index contributed by atoms with van der Waals surface area (Å²) < 4.78 is 5.87. The average molecular weight is 280 g/mol. The molecule has 2 heterocycles. The molecule has 3 rings (SSSR count). The van der Waals surface area contributed by atoms with Crippen LogP contribution in [0.15, 0.2) is 60.1 Å². The van der Waals surface area contributed by atoms with Crippen molar-refractivity contribution in [1.82, 2.24) is 9.97 Å². The quantitative estimate of drug-likeness (QED) is 0.333. The Balaban J connectivity index is 2.08. The van der Waals surface area contributed by atoms with Gasteiger partial charge in [0, 0.05) is 17.8 Å². The fourth-order valence-electron chi connectivity index (χ4n) is 2.01. The van der Waals surface area contributed by atoms with Gasteiger partial charge in [-0.15, -0.1) is 0 Å². The minimum Gasteiger partial charge on any atom is -0.454 e. The van der Waals surface area contributed by atoms with Crippen molar-refractivity contribution in [2.45, 2.75) is 0 Å². The van der Waals surface area contributed by atoms with Crippen LogP contribution in [0.3, 0.4) is 0 Å². The van der Waals surface area contributed by atoms with Crippen LogP contribution in [-0.4, -0.2) is 21.0 Å². The largest absolute Gasteiger partial charge is 0.454 e. The third kappa shape index (κ3) is 2.46. The van der Waals surface area contributed by atoms with Crippen molar-refractivity contribution in [2.75, 3.05) is 0 Å². The number of oxime groups is 1. The van der Waals surface area contributed by atoms with Crippen LogP contribution in [-0.2, 0) is 0 Å². The number of rotatable bonds is 3. The topological polar surface area (TPSA) is 93.6 Å². The van der Waals surface area contributed by atoms with Crippen molar-refractivity contribution in [1.29, 1.82) is 0 Å². The molecule has 0 spiro atoms. The number of hydrogen-bond acceptors (Lipinski definition) is 5. The summed E-state index contributed by atoms with van der Waals surface area (Å²) in [6, 6.07) is 10.9. The van der Waals surface area contributed by atoms with Gasteiger partial charge in [0.2, 0.25) is 0 Å². The van der Waals surface area contributed by atoms with Gasteiger partial charge in [0.05, 0.1) is 17.3 Å². The molecule has 1 aromatic carbocycles. The highest BCUT2D eigenvalue weighted by Gasteiger charge is 2.11. The van der Waals surface area contributed by atoms with Gasteiger partial charge in [-0.25, -0.2) is 0 Å². The molecule has 104 valence electrons. The molecule has 0 aliphatic heterocycles. The van der Waals surface area contributed by atoms with E-state index in [9.17, 15) is 0 Å². The molecule has 3 aromatic rings. The molecule has 0 aliphatic rings. The molecule has 0 saturated heterocycles. The lowest BCUT2D eigenvalue weighted by molar-refractivity contribution is 0.318. The minimum atomic E-state index is -0.0363. The Morgan fingerprint density at radius 3 is 2.86 bits per heavy atom. The van der Waals surface area contributed by atoms with E-state index in [-0.39, 0.29) is 5.84 Å². The van der Waals surface area contributed by atoms with Gasteiger partial charge in [0.15, 0.2) is 11.6 Å². The molecule has 0 atom stereocenters. The molecule has 0 radical (unpaired) electrons. The SMILES string of the molecule is N/C(=N/O)c1ccncc1Oc1cccc2ncccc12. The monoisotopic (exact) mass is 280 g/mol. The van der Waals surface area contributed by atoms with Crippen LogP contribution in [0.25, 0.3) is 10.9 Å². The summed E-state index contributed by atoms with van der Waals surface area (Å²) in [5.74, 6) is 0.996. The highest BCUT2D eigenvalue weighted by molar-refractivity contribution is 5.99. The van der Waals surface area contributed by atoms with Crippen LogP contribution in [0, 0.1) is 0 Å². The number of fused-ring (bicyclic) bond motifs is 1. The summed E-state index contributed by atoms with van der Waals surface area (Å²) in [5, 5.41) is 12.7. The van der Waals surface area contributed by atoms with Crippen molar-refractivity contribution in [3.8, 4) is 11.5 Å². The Kier molecular flexibility index (Phi) is 3.34. The lowest BCUT2D eigenvalue weighted by Crippen LogP contribution is -2.14. The summed E-state index contributed by atoms with van der Waals surface area (Å²) in [6.07, 6.45) is 4.78. The van der Waals surface area contributed by atoms with Gasteiger partial charge >= 0.3 is 0 Å². The summed E-state index contributed by atoms with van der Waals surface area (Å²) in [4.78, 5) is 8.28. The molecule has 3 N–H and O–H groups in total. The minimum absolute atomic E-state index is 0.0363. The molecule has 6 heteroatoms. The zero-order chi connectivity index (χ0) is 14.7. The molecular weight excluding hydrogens is 268 g/mol. The van der Waals surface area contributed by atoms with E-state index in [1.807, 2.05) is 30.3 Å². The number of hydrogen-bond donors (Lipinski definition) is 2. The van der Waals surface area contributed by atoms with Gasteiger partial charge < -0.3 is 15.7 Å². The lowest BCUT2D eigenvalue weighted by atomic mass is 10.2. The Hall–Kier alpha value is -3.15. The third-order valence-electron chi connectivity index (χ3n) is 2.99. The second-order valence-electron chi connectivity index (χ2n) is 4.29. The number of nitrogens with zero attached hydrogens (tertiary/aromatic N) is 3. The van der Waals surface area contributed by atoms with Crippen molar-refractivity contribution >= 4 is 16.7 Å². The molecule has 0 fully saturated rings. The van der Waals surface area contributed by atoms with Gasteiger partial charge in [-0.2, -0.15) is 0 Å². The van der Waals surface area contributed by atoms with Crippen LogP contribution in [0.1, 0.15) is 5.56 Å². The molecule has 0 amide bonds. The van der Waals surface area contributed by atoms with E-state index in [4.69, 9.17) is 15.7 Å². The van der Waals surface area contributed by atoms with Crippen LogP contribution in [0.4, 0.5) is 0 Å². The number of pyridine rings is 2. The van der Waals surface area contributed by atoms with E-state index >= 15 is 0 Å². The number of ether oxygens (including phenoxy) is 1. The molecule has 0 unspecified atom stereocenters. The highest BCUT2D eigenvalue weighted by Crippen LogP contribution is 2.30. The molecule has 0 bridgehead atoms. The summed E-state index contributed by atoms with van der Waals surface area (Å²) >= 11 is 0. The molecule has 21 heavy (non-hydrogen) atoms. The smallest absolute Gasteiger partial charge is 0.173 e. The van der Waals surface area contributed by atoms with Gasteiger partial charge in [-0.3, -0.25) is 9.97 Å². The van der Waals surface area contributed by atoms with Gasteiger partial charge in [0.1, 0.15) is 5.75 Å². The number of nitrogens with two attached hydrogens (primary N) is 1. The van der Waals surface area contributed by atoms with Crippen molar-refractivity contribution in [2.24, 2.45) is 10.9 Å². The van der Waals surface area contributed by atoms with Gasteiger partial charge in [-0.05, 0) is 30.3 Å². The summed E-state index contributed by atoms with van der Waals surface area (Å²) in [5.41, 5.74) is 6.93. The maximum atomic E-state index is 8.83. The van der Waals surface area contributed by atoms with Gasteiger partial charge in [0.25, 0.3) is 0 Å². The second-order valence-corrected chi connectivity index (χ2v) is 4.29. The van der Waals surface area contributed by atoms with E-state index < -0.39 is 0 Å². The fourth-order valence-corrected chi connectivity index (χ4v) is 2.01. The Morgan fingerprint density at radius 2 is 2.00 bits per heavy atom. The maximum absolute atomic E-state index is 8.83. The molecule has 0 aliphatic carbocycles. The zero-order valence-corrected chi connectivity index (χ0v) is 11.0. The fraction of sp³-hybridized carbons (Fsp3) is 0. The van der Waals surface area contributed by atoms with Crippen molar-refractivity contribution in [3.05, 3.63) is 60.6 Å². The van der Waals surface area contributed by atoms with E-state index in [0.29, 0.717) is 17.1 Å².